The molecule has 0 radical (unpaired) electrons. The van der Waals surface area contributed by atoms with E-state index in [0.29, 0.717) is 18.2 Å². The number of benzene rings is 1. The van der Waals surface area contributed by atoms with E-state index in [1.165, 1.54) is 6.42 Å². The summed E-state index contributed by atoms with van der Waals surface area (Å²) < 4.78 is 5.63. The van der Waals surface area contributed by atoms with Crippen molar-refractivity contribution in [1.82, 2.24) is 4.90 Å². The van der Waals surface area contributed by atoms with Crippen LogP contribution in [0.25, 0.3) is 0 Å². The Morgan fingerprint density at radius 3 is 2.28 bits per heavy atom. The number of carbonyl (C=O) groups excluding carboxylic acids is 1. The van der Waals surface area contributed by atoms with Gasteiger partial charge in [0.15, 0.2) is 0 Å². The van der Waals surface area contributed by atoms with Crippen molar-refractivity contribution in [3.8, 4) is 0 Å². The summed E-state index contributed by atoms with van der Waals surface area (Å²) >= 11 is 6.13. The third-order valence-corrected chi connectivity index (χ3v) is 6.57. The molecule has 29 heavy (non-hydrogen) atoms. The van der Waals surface area contributed by atoms with Crippen molar-refractivity contribution in [3.05, 3.63) is 29.3 Å². The van der Waals surface area contributed by atoms with E-state index in [4.69, 9.17) is 21.3 Å². The average molecular weight is 418 g/mol. The van der Waals surface area contributed by atoms with Crippen LogP contribution < -0.4 is 4.90 Å². The Morgan fingerprint density at radius 2 is 1.69 bits per heavy atom. The molecule has 1 unspecified atom stereocenters. The Balaban J connectivity index is 1.86. The van der Waals surface area contributed by atoms with Gasteiger partial charge >= 0.3 is 0 Å². The van der Waals surface area contributed by atoms with Crippen LogP contribution in [-0.4, -0.2) is 54.5 Å². The molecular formula is C23H32ClN3O2. The molecule has 1 amide bonds. The SMILES string of the molecule is CC(C)(C)N=C1C(N2CCOCC2)C2(CCCCC2)C(=O)N1c1ccc(Cl)cc1. The zero-order valence-electron chi connectivity index (χ0n) is 17.8. The van der Waals surface area contributed by atoms with E-state index in [9.17, 15) is 4.79 Å². The first-order valence-electron chi connectivity index (χ1n) is 10.8. The molecule has 1 atom stereocenters. The van der Waals surface area contributed by atoms with E-state index in [2.05, 4.69) is 25.7 Å². The number of ether oxygens (including phenoxy) is 1. The second kappa shape index (κ2) is 8.01. The van der Waals surface area contributed by atoms with Crippen molar-refractivity contribution in [2.75, 3.05) is 31.2 Å². The lowest BCUT2D eigenvalue weighted by Gasteiger charge is -2.42. The first kappa shape index (κ1) is 20.8. The highest BCUT2D eigenvalue weighted by Gasteiger charge is 2.60. The van der Waals surface area contributed by atoms with Gasteiger partial charge in [-0.1, -0.05) is 30.9 Å². The Hall–Kier alpha value is -1.43. The molecule has 0 aromatic heterocycles. The van der Waals surface area contributed by atoms with Gasteiger partial charge < -0.3 is 4.74 Å². The van der Waals surface area contributed by atoms with E-state index in [1.807, 2.05) is 29.2 Å². The molecule has 2 saturated heterocycles. The average Bonchev–Trinajstić information content (AvgIpc) is 2.90. The zero-order chi connectivity index (χ0) is 20.6. The van der Waals surface area contributed by atoms with Crippen LogP contribution in [0.2, 0.25) is 5.02 Å². The summed E-state index contributed by atoms with van der Waals surface area (Å²) in [7, 11) is 0. The van der Waals surface area contributed by atoms with Gasteiger partial charge in [-0.3, -0.25) is 19.6 Å². The summed E-state index contributed by atoms with van der Waals surface area (Å²) in [6, 6.07) is 7.60. The van der Waals surface area contributed by atoms with Crippen LogP contribution in [0.15, 0.2) is 29.3 Å². The number of rotatable bonds is 2. The molecule has 2 heterocycles. The van der Waals surface area contributed by atoms with Gasteiger partial charge in [-0.15, -0.1) is 0 Å². The third-order valence-electron chi connectivity index (χ3n) is 6.32. The molecule has 6 heteroatoms. The number of aliphatic imine (C=N–C) groups is 1. The highest BCUT2D eigenvalue weighted by Crippen LogP contribution is 2.49. The lowest BCUT2D eigenvalue weighted by molar-refractivity contribution is -0.130. The zero-order valence-corrected chi connectivity index (χ0v) is 18.5. The smallest absolute Gasteiger partial charge is 0.240 e. The largest absolute Gasteiger partial charge is 0.379 e. The van der Waals surface area contributed by atoms with E-state index >= 15 is 0 Å². The van der Waals surface area contributed by atoms with Crippen molar-refractivity contribution in [2.45, 2.75) is 64.5 Å². The normalized spacial score (nSPS) is 27.2. The molecule has 1 aliphatic carbocycles. The van der Waals surface area contributed by atoms with Crippen molar-refractivity contribution >= 4 is 29.0 Å². The fourth-order valence-electron chi connectivity index (χ4n) is 5.13. The monoisotopic (exact) mass is 417 g/mol. The van der Waals surface area contributed by atoms with E-state index in [0.717, 1.165) is 50.3 Å². The Labute approximate surface area is 179 Å². The predicted octanol–water partition coefficient (Wildman–Crippen LogP) is 4.53. The second-order valence-corrected chi connectivity index (χ2v) is 9.96. The molecule has 0 N–H and O–H groups in total. The first-order chi connectivity index (χ1) is 13.8. The Morgan fingerprint density at radius 1 is 1.07 bits per heavy atom. The highest BCUT2D eigenvalue weighted by molar-refractivity contribution is 6.31. The van der Waals surface area contributed by atoms with Gasteiger partial charge in [0.25, 0.3) is 0 Å². The molecule has 0 bridgehead atoms. The van der Waals surface area contributed by atoms with Crippen molar-refractivity contribution in [3.63, 3.8) is 0 Å². The van der Waals surface area contributed by atoms with Crippen molar-refractivity contribution in [1.29, 1.82) is 0 Å². The Bertz CT molecular complexity index is 772. The number of amidine groups is 1. The predicted molar refractivity (Wildman–Crippen MR) is 118 cm³/mol. The summed E-state index contributed by atoms with van der Waals surface area (Å²) in [6.07, 6.45) is 5.27. The topological polar surface area (TPSA) is 45.1 Å². The minimum atomic E-state index is -0.390. The molecule has 5 nitrogen and oxygen atoms in total. The first-order valence-corrected chi connectivity index (χ1v) is 11.2. The second-order valence-electron chi connectivity index (χ2n) is 9.53. The molecule has 158 valence electrons. The number of carbonyl (C=O) groups is 1. The molecule has 3 aliphatic rings. The van der Waals surface area contributed by atoms with Crippen molar-refractivity contribution < 1.29 is 9.53 Å². The van der Waals surface area contributed by atoms with Crippen LogP contribution in [0.5, 0.6) is 0 Å². The van der Waals surface area contributed by atoms with Gasteiger partial charge in [0.2, 0.25) is 5.91 Å². The van der Waals surface area contributed by atoms with Crippen molar-refractivity contribution in [2.24, 2.45) is 10.4 Å². The maximum Gasteiger partial charge on any atom is 0.240 e. The summed E-state index contributed by atoms with van der Waals surface area (Å²) in [5.41, 5.74) is 0.202. The number of hydrogen-bond acceptors (Lipinski definition) is 4. The molecule has 2 aliphatic heterocycles. The third kappa shape index (κ3) is 3.97. The van der Waals surface area contributed by atoms with E-state index in [-0.39, 0.29) is 22.9 Å². The minimum Gasteiger partial charge on any atom is -0.379 e. The van der Waals surface area contributed by atoms with Gasteiger partial charge in [-0.25, -0.2) is 0 Å². The lowest BCUT2D eigenvalue weighted by atomic mass is 9.69. The van der Waals surface area contributed by atoms with Crippen LogP contribution in [0.1, 0.15) is 52.9 Å². The Kier molecular flexibility index (Phi) is 5.75. The fraction of sp³-hybridized carbons (Fsp3) is 0.652. The molecule has 1 saturated carbocycles. The van der Waals surface area contributed by atoms with Gasteiger partial charge in [0, 0.05) is 18.1 Å². The summed E-state index contributed by atoms with van der Waals surface area (Å²) in [5.74, 6) is 1.10. The van der Waals surface area contributed by atoms with E-state index < -0.39 is 0 Å². The molecule has 3 fully saturated rings. The maximum absolute atomic E-state index is 14.1. The standard InChI is InChI=1S/C23H32ClN3O2/c1-22(2,3)25-20-19(26-13-15-29-16-14-26)23(11-5-4-6-12-23)21(28)27(20)18-9-7-17(24)8-10-18/h7-10,19H,4-6,11-16H2,1-3H3. The van der Waals surface area contributed by atoms with Gasteiger partial charge in [-0.05, 0) is 57.9 Å². The number of halogens is 1. The number of hydrogen-bond donors (Lipinski definition) is 0. The summed E-state index contributed by atoms with van der Waals surface area (Å²) in [4.78, 5) is 23.6. The highest BCUT2D eigenvalue weighted by atomic mass is 35.5. The molecule has 1 spiro atoms. The molecule has 1 aromatic carbocycles. The van der Waals surface area contributed by atoms with Crippen LogP contribution in [0.4, 0.5) is 5.69 Å². The quantitative estimate of drug-likeness (QED) is 0.709. The van der Waals surface area contributed by atoms with Gasteiger partial charge in [0.1, 0.15) is 5.84 Å². The lowest BCUT2D eigenvalue weighted by Crippen LogP contribution is -2.54. The van der Waals surface area contributed by atoms with Crippen LogP contribution in [0, 0.1) is 5.41 Å². The van der Waals surface area contributed by atoms with E-state index in [1.54, 1.807) is 0 Å². The summed E-state index contributed by atoms with van der Waals surface area (Å²) in [6.45, 7) is 9.43. The number of morpholine rings is 1. The summed E-state index contributed by atoms with van der Waals surface area (Å²) in [5, 5.41) is 0.673. The van der Waals surface area contributed by atoms with Crippen LogP contribution in [-0.2, 0) is 9.53 Å². The molecule has 4 rings (SSSR count). The van der Waals surface area contributed by atoms with Crippen LogP contribution >= 0.6 is 11.6 Å². The molecule has 1 aromatic rings. The van der Waals surface area contributed by atoms with Gasteiger partial charge in [0.05, 0.1) is 35.9 Å². The van der Waals surface area contributed by atoms with Crippen LogP contribution in [0.3, 0.4) is 0 Å². The maximum atomic E-state index is 14.1. The number of amides is 1. The fourth-order valence-corrected chi connectivity index (χ4v) is 5.25. The molecular weight excluding hydrogens is 386 g/mol. The minimum absolute atomic E-state index is 0.00843. The number of anilines is 1. The van der Waals surface area contributed by atoms with Gasteiger partial charge in [-0.2, -0.15) is 0 Å². The number of nitrogens with zero attached hydrogens (tertiary/aromatic N) is 3.